The highest BCUT2D eigenvalue weighted by atomic mass is 35.5. The van der Waals surface area contributed by atoms with Gasteiger partial charge >= 0.3 is 0 Å². The number of hydrogen-bond acceptors (Lipinski definition) is 6. The maximum Gasteiger partial charge on any atom is 0.153 e. The Hall–Kier alpha value is -1.20. The lowest BCUT2D eigenvalue weighted by molar-refractivity contribution is 0.501. The van der Waals surface area contributed by atoms with Crippen LogP contribution in [0.25, 0.3) is 0 Å². The quantitative estimate of drug-likeness (QED) is 0.800. The highest BCUT2D eigenvalue weighted by molar-refractivity contribution is 7.91. The standard InChI is InChI=1S/C16H22N4O2S.2ClH/c1-13-12-18-4-5-20(13)15-2-3-16(14(10-15)11-17)19-6-8-23(21,22)9-7-19;;/h2-3,10,13,18H,4-9,12H2,1H3;2*1H/t13-;;/m0../s1. The first-order chi connectivity index (χ1) is 11.0. The average molecular weight is 407 g/mol. The van der Waals surface area contributed by atoms with Gasteiger partial charge in [-0.15, -0.1) is 24.8 Å². The van der Waals surface area contributed by atoms with Gasteiger partial charge < -0.3 is 15.1 Å². The van der Waals surface area contributed by atoms with Crippen LogP contribution in [0.5, 0.6) is 0 Å². The first kappa shape index (κ1) is 21.8. The highest BCUT2D eigenvalue weighted by Gasteiger charge is 2.24. The first-order valence-electron chi connectivity index (χ1n) is 7.97. The Bertz CT molecular complexity index is 722. The molecule has 1 aromatic rings. The molecule has 0 saturated carbocycles. The van der Waals surface area contributed by atoms with Gasteiger partial charge in [0.15, 0.2) is 9.84 Å². The fourth-order valence-corrected chi connectivity index (χ4v) is 4.45. The predicted molar refractivity (Wildman–Crippen MR) is 106 cm³/mol. The minimum Gasteiger partial charge on any atom is -0.368 e. The van der Waals surface area contributed by atoms with Crippen molar-refractivity contribution in [3.63, 3.8) is 0 Å². The van der Waals surface area contributed by atoms with Crippen molar-refractivity contribution in [3.8, 4) is 6.07 Å². The van der Waals surface area contributed by atoms with E-state index >= 15 is 0 Å². The maximum absolute atomic E-state index is 11.6. The first-order valence-corrected chi connectivity index (χ1v) is 9.79. The summed E-state index contributed by atoms with van der Waals surface area (Å²) >= 11 is 0. The Labute approximate surface area is 161 Å². The number of nitriles is 1. The van der Waals surface area contributed by atoms with Gasteiger partial charge in [-0.25, -0.2) is 8.42 Å². The summed E-state index contributed by atoms with van der Waals surface area (Å²) in [4.78, 5) is 4.31. The summed E-state index contributed by atoms with van der Waals surface area (Å²) in [6.45, 7) is 5.89. The smallest absolute Gasteiger partial charge is 0.153 e. The van der Waals surface area contributed by atoms with E-state index in [0.29, 0.717) is 24.7 Å². The SMILES string of the molecule is C[C@H]1CNCCN1c1ccc(N2CCS(=O)(=O)CC2)c(C#N)c1.Cl.Cl. The van der Waals surface area contributed by atoms with Gasteiger partial charge in [-0.05, 0) is 25.1 Å². The Kier molecular flexibility index (Phi) is 7.82. The van der Waals surface area contributed by atoms with Gasteiger partial charge in [0.25, 0.3) is 0 Å². The number of benzene rings is 1. The Morgan fingerprint density at radius 3 is 2.48 bits per heavy atom. The predicted octanol–water partition coefficient (Wildman–Crippen LogP) is 1.43. The number of sulfone groups is 1. The number of hydrogen-bond donors (Lipinski definition) is 1. The van der Waals surface area contributed by atoms with Crippen LogP contribution in [0.2, 0.25) is 0 Å². The van der Waals surface area contributed by atoms with E-state index < -0.39 is 9.84 Å². The van der Waals surface area contributed by atoms with E-state index in [1.54, 1.807) is 0 Å². The summed E-state index contributed by atoms with van der Waals surface area (Å²) in [7, 11) is -2.92. The van der Waals surface area contributed by atoms with Crippen molar-refractivity contribution in [1.29, 1.82) is 5.26 Å². The lowest BCUT2D eigenvalue weighted by Crippen LogP contribution is -2.50. The van der Waals surface area contributed by atoms with E-state index in [4.69, 9.17) is 0 Å². The summed E-state index contributed by atoms with van der Waals surface area (Å²) in [6, 6.07) is 8.60. The Morgan fingerprint density at radius 2 is 1.88 bits per heavy atom. The zero-order chi connectivity index (χ0) is 16.4. The van der Waals surface area contributed by atoms with E-state index in [0.717, 1.165) is 31.0 Å². The second-order valence-corrected chi connectivity index (χ2v) is 8.50. The maximum atomic E-state index is 11.6. The van der Waals surface area contributed by atoms with Gasteiger partial charge in [-0.3, -0.25) is 0 Å². The fraction of sp³-hybridized carbons (Fsp3) is 0.562. The van der Waals surface area contributed by atoms with Gasteiger partial charge in [0.05, 0.1) is 22.8 Å². The lowest BCUT2D eigenvalue weighted by atomic mass is 10.1. The third kappa shape index (κ3) is 4.91. The normalized spacial score (nSPS) is 22.3. The molecule has 9 heteroatoms. The molecule has 2 aliphatic heterocycles. The third-order valence-electron chi connectivity index (χ3n) is 4.62. The third-order valence-corrected chi connectivity index (χ3v) is 6.23. The highest BCUT2D eigenvalue weighted by Crippen LogP contribution is 2.28. The summed E-state index contributed by atoms with van der Waals surface area (Å²) in [6.07, 6.45) is 0. The fourth-order valence-electron chi connectivity index (χ4n) is 3.25. The molecule has 1 aromatic carbocycles. The molecule has 0 amide bonds. The molecule has 2 heterocycles. The molecular weight excluding hydrogens is 383 g/mol. The second kappa shape index (κ2) is 8.95. The summed E-state index contributed by atoms with van der Waals surface area (Å²) < 4.78 is 23.1. The van der Waals surface area contributed by atoms with Gasteiger partial charge in [-0.2, -0.15) is 5.26 Å². The topological polar surface area (TPSA) is 76.4 Å². The number of nitrogens with one attached hydrogen (secondary N) is 1. The molecule has 3 rings (SSSR count). The van der Waals surface area contributed by atoms with Crippen molar-refractivity contribution < 1.29 is 8.42 Å². The molecule has 25 heavy (non-hydrogen) atoms. The van der Waals surface area contributed by atoms with E-state index in [9.17, 15) is 13.7 Å². The summed E-state index contributed by atoms with van der Waals surface area (Å²) in [5.41, 5.74) is 2.52. The van der Waals surface area contributed by atoms with Gasteiger partial charge in [0.2, 0.25) is 0 Å². The molecular formula is C16H24Cl2N4O2S. The van der Waals surface area contributed by atoms with Crippen LogP contribution in [0, 0.1) is 11.3 Å². The number of halogens is 2. The molecule has 2 fully saturated rings. The number of nitrogens with zero attached hydrogens (tertiary/aromatic N) is 3. The van der Waals surface area contributed by atoms with Crippen LogP contribution in [-0.2, 0) is 9.84 Å². The number of piperazine rings is 1. The van der Waals surface area contributed by atoms with Crippen LogP contribution in [0.15, 0.2) is 18.2 Å². The molecule has 0 unspecified atom stereocenters. The second-order valence-electron chi connectivity index (χ2n) is 6.20. The van der Waals surface area contributed by atoms with Crippen molar-refractivity contribution in [2.45, 2.75) is 13.0 Å². The average Bonchev–Trinajstić information content (AvgIpc) is 2.55. The number of rotatable bonds is 2. The molecule has 1 N–H and O–H groups in total. The summed E-state index contributed by atoms with van der Waals surface area (Å²) in [5, 5.41) is 12.9. The molecule has 0 radical (unpaired) electrons. The van der Waals surface area contributed by atoms with Crippen molar-refractivity contribution in [1.82, 2.24) is 5.32 Å². The zero-order valence-corrected chi connectivity index (χ0v) is 16.6. The molecule has 0 aromatic heterocycles. The van der Waals surface area contributed by atoms with Crippen LogP contribution in [0.1, 0.15) is 12.5 Å². The number of anilines is 2. The monoisotopic (exact) mass is 406 g/mol. The van der Waals surface area contributed by atoms with Crippen LogP contribution in [0.4, 0.5) is 11.4 Å². The van der Waals surface area contributed by atoms with Crippen molar-refractivity contribution >= 4 is 46.0 Å². The molecule has 0 spiro atoms. The minimum absolute atomic E-state index is 0. The van der Waals surface area contributed by atoms with Crippen molar-refractivity contribution in [2.24, 2.45) is 0 Å². The molecule has 1 atom stereocenters. The molecule has 0 bridgehead atoms. The van der Waals surface area contributed by atoms with Crippen LogP contribution >= 0.6 is 24.8 Å². The zero-order valence-electron chi connectivity index (χ0n) is 14.1. The summed E-state index contributed by atoms with van der Waals surface area (Å²) in [5.74, 6) is 0.322. The molecule has 2 aliphatic rings. The van der Waals surface area contributed by atoms with Crippen LogP contribution in [0.3, 0.4) is 0 Å². The van der Waals surface area contributed by atoms with Crippen molar-refractivity contribution in [3.05, 3.63) is 23.8 Å². The van der Waals surface area contributed by atoms with E-state index in [2.05, 4.69) is 23.2 Å². The van der Waals surface area contributed by atoms with Gasteiger partial charge in [-0.1, -0.05) is 0 Å². The van der Waals surface area contributed by atoms with Gasteiger partial charge in [0, 0.05) is 44.5 Å². The molecule has 0 aliphatic carbocycles. The molecule has 140 valence electrons. The Balaban J connectivity index is 0.00000156. The van der Waals surface area contributed by atoms with E-state index in [-0.39, 0.29) is 36.3 Å². The lowest BCUT2D eigenvalue weighted by Gasteiger charge is -2.36. The van der Waals surface area contributed by atoms with E-state index in [1.807, 2.05) is 23.1 Å². The minimum atomic E-state index is -2.92. The van der Waals surface area contributed by atoms with Crippen LogP contribution < -0.4 is 15.1 Å². The van der Waals surface area contributed by atoms with E-state index in [1.165, 1.54) is 0 Å². The molecule has 6 nitrogen and oxygen atoms in total. The van der Waals surface area contributed by atoms with Gasteiger partial charge in [0.1, 0.15) is 6.07 Å². The largest absolute Gasteiger partial charge is 0.368 e. The molecule has 2 saturated heterocycles. The van der Waals surface area contributed by atoms with Crippen LogP contribution in [-0.4, -0.2) is 58.7 Å². The van der Waals surface area contributed by atoms with Crippen molar-refractivity contribution in [2.75, 3.05) is 54.0 Å². The Morgan fingerprint density at radius 1 is 1.20 bits per heavy atom.